The van der Waals surface area contributed by atoms with Crippen LogP contribution in [0.25, 0.3) is 0 Å². The van der Waals surface area contributed by atoms with E-state index in [1.165, 1.54) is 5.56 Å². The van der Waals surface area contributed by atoms with Crippen molar-refractivity contribution in [2.75, 3.05) is 14.1 Å². The van der Waals surface area contributed by atoms with E-state index in [1.54, 1.807) is 0 Å². The Labute approximate surface area is 116 Å². The Morgan fingerprint density at radius 3 is 1.95 bits per heavy atom. The van der Waals surface area contributed by atoms with Gasteiger partial charge in [-0.3, -0.25) is 4.79 Å². The van der Waals surface area contributed by atoms with Crippen LogP contribution in [0.1, 0.15) is 50.3 Å². The highest BCUT2D eigenvalue weighted by molar-refractivity contribution is 5.71. The number of carboxylic acids is 1. The zero-order valence-electron chi connectivity index (χ0n) is 12.6. The second-order valence-electron chi connectivity index (χ2n) is 5.58. The van der Waals surface area contributed by atoms with E-state index in [1.807, 2.05) is 25.9 Å². The van der Waals surface area contributed by atoms with Crippen molar-refractivity contribution in [2.24, 2.45) is 5.92 Å². The Bertz CT molecular complexity index is 409. The number of carboxylic acid groups (broad SMARTS) is 1. The van der Waals surface area contributed by atoms with E-state index in [9.17, 15) is 9.90 Å². The molecular formula is C16H25NO2. The van der Waals surface area contributed by atoms with Crippen molar-refractivity contribution in [1.29, 1.82) is 0 Å². The van der Waals surface area contributed by atoms with Gasteiger partial charge in [-0.05, 0) is 37.6 Å². The van der Waals surface area contributed by atoms with Crippen LogP contribution in [-0.4, -0.2) is 30.1 Å². The van der Waals surface area contributed by atoms with Gasteiger partial charge in [-0.2, -0.15) is 0 Å². The lowest BCUT2D eigenvalue weighted by Gasteiger charge is -2.30. The number of hydrogen-bond acceptors (Lipinski definition) is 2. The van der Waals surface area contributed by atoms with Crippen LogP contribution in [0.5, 0.6) is 0 Å². The van der Waals surface area contributed by atoms with Crippen molar-refractivity contribution in [1.82, 2.24) is 4.90 Å². The summed E-state index contributed by atoms with van der Waals surface area (Å²) in [7, 11) is 3.87. The van der Waals surface area contributed by atoms with E-state index >= 15 is 0 Å². The number of benzene rings is 1. The normalized spacial score (nSPS) is 14.7. The molecule has 0 bridgehead atoms. The second kappa shape index (κ2) is 6.71. The molecule has 0 spiro atoms. The van der Waals surface area contributed by atoms with Crippen LogP contribution in [0.3, 0.4) is 0 Å². The van der Waals surface area contributed by atoms with Crippen LogP contribution < -0.4 is 0 Å². The van der Waals surface area contributed by atoms with Gasteiger partial charge in [0.25, 0.3) is 0 Å². The summed E-state index contributed by atoms with van der Waals surface area (Å²) in [4.78, 5) is 13.4. The van der Waals surface area contributed by atoms with Crippen LogP contribution in [0, 0.1) is 5.92 Å². The maximum Gasteiger partial charge on any atom is 0.308 e. The molecule has 2 atom stereocenters. The molecule has 3 heteroatoms. The van der Waals surface area contributed by atoms with Crippen LogP contribution >= 0.6 is 0 Å². The van der Waals surface area contributed by atoms with E-state index < -0.39 is 5.97 Å². The Morgan fingerprint density at radius 1 is 1.16 bits per heavy atom. The molecule has 0 saturated heterocycles. The number of carbonyl (C=O) groups is 1. The van der Waals surface area contributed by atoms with Crippen LogP contribution in [0.15, 0.2) is 24.3 Å². The predicted octanol–water partition coefficient (Wildman–Crippen LogP) is 3.52. The zero-order valence-corrected chi connectivity index (χ0v) is 12.6. The summed E-state index contributed by atoms with van der Waals surface area (Å²) in [6.07, 6.45) is 0.629. The predicted molar refractivity (Wildman–Crippen MR) is 78.4 cm³/mol. The van der Waals surface area contributed by atoms with Gasteiger partial charge >= 0.3 is 5.97 Å². The van der Waals surface area contributed by atoms with Gasteiger partial charge in [-0.15, -0.1) is 0 Å². The third-order valence-electron chi connectivity index (χ3n) is 3.64. The van der Waals surface area contributed by atoms with Crippen LogP contribution in [0.4, 0.5) is 0 Å². The van der Waals surface area contributed by atoms with E-state index in [4.69, 9.17) is 0 Å². The molecule has 0 radical (unpaired) electrons. The molecule has 0 saturated carbocycles. The minimum atomic E-state index is -0.728. The van der Waals surface area contributed by atoms with Crippen LogP contribution in [-0.2, 0) is 4.79 Å². The lowest BCUT2D eigenvalue weighted by atomic mass is 9.89. The number of rotatable bonds is 6. The molecule has 1 aromatic carbocycles. The van der Waals surface area contributed by atoms with Crippen molar-refractivity contribution in [3.05, 3.63) is 35.4 Å². The molecule has 1 rings (SSSR count). The first kappa shape index (κ1) is 15.7. The first-order valence-electron chi connectivity index (χ1n) is 6.87. The summed E-state index contributed by atoms with van der Waals surface area (Å²) < 4.78 is 0. The van der Waals surface area contributed by atoms with Gasteiger partial charge in [0.2, 0.25) is 0 Å². The van der Waals surface area contributed by atoms with Crippen molar-refractivity contribution in [2.45, 2.75) is 39.2 Å². The zero-order chi connectivity index (χ0) is 14.6. The molecule has 19 heavy (non-hydrogen) atoms. The van der Waals surface area contributed by atoms with Gasteiger partial charge < -0.3 is 10.0 Å². The Morgan fingerprint density at radius 2 is 1.63 bits per heavy atom. The van der Waals surface area contributed by atoms with Gasteiger partial charge in [0, 0.05) is 6.04 Å². The van der Waals surface area contributed by atoms with Gasteiger partial charge in [-0.1, -0.05) is 45.0 Å². The summed E-state index contributed by atoms with van der Waals surface area (Å²) in [6, 6.07) is 8.25. The summed E-state index contributed by atoms with van der Waals surface area (Å²) in [5, 5.41) is 9.37. The van der Waals surface area contributed by atoms with Gasteiger partial charge in [0.05, 0.1) is 5.92 Å². The molecule has 106 valence electrons. The highest BCUT2D eigenvalue weighted by Crippen LogP contribution is 2.30. The summed E-state index contributed by atoms with van der Waals surface area (Å²) in [5.74, 6) is -0.609. The van der Waals surface area contributed by atoms with E-state index in [2.05, 4.69) is 38.1 Å². The molecular weight excluding hydrogens is 238 g/mol. The maximum absolute atomic E-state index is 11.4. The summed E-state index contributed by atoms with van der Waals surface area (Å²) in [5.41, 5.74) is 2.35. The van der Waals surface area contributed by atoms with E-state index in [-0.39, 0.29) is 12.0 Å². The molecule has 0 aliphatic carbocycles. The average molecular weight is 263 g/mol. The molecule has 2 unspecified atom stereocenters. The fourth-order valence-corrected chi connectivity index (χ4v) is 2.50. The average Bonchev–Trinajstić information content (AvgIpc) is 2.34. The number of aliphatic carboxylic acids is 1. The Kier molecular flexibility index (Phi) is 5.55. The molecule has 0 aliphatic rings. The summed E-state index contributed by atoms with van der Waals surface area (Å²) >= 11 is 0. The highest BCUT2D eigenvalue weighted by Gasteiger charge is 2.29. The minimum absolute atomic E-state index is 0.0799. The summed E-state index contributed by atoms with van der Waals surface area (Å²) in [6.45, 7) is 6.24. The first-order valence-corrected chi connectivity index (χ1v) is 6.87. The quantitative estimate of drug-likeness (QED) is 0.853. The maximum atomic E-state index is 11.4. The van der Waals surface area contributed by atoms with Gasteiger partial charge in [-0.25, -0.2) is 0 Å². The van der Waals surface area contributed by atoms with Crippen molar-refractivity contribution >= 4 is 5.97 Å². The van der Waals surface area contributed by atoms with Crippen molar-refractivity contribution < 1.29 is 9.90 Å². The largest absolute Gasteiger partial charge is 0.481 e. The van der Waals surface area contributed by atoms with E-state index in [0.717, 1.165) is 5.56 Å². The fourth-order valence-electron chi connectivity index (χ4n) is 2.50. The van der Waals surface area contributed by atoms with Crippen molar-refractivity contribution in [3.63, 3.8) is 0 Å². The molecule has 3 nitrogen and oxygen atoms in total. The highest BCUT2D eigenvalue weighted by atomic mass is 16.4. The smallest absolute Gasteiger partial charge is 0.308 e. The third kappa shape index (κ3) is 3.80. The lowest BCUT2D eigenvalue weighted by Crippen LogP contribution is -2.32. The Hall–Kier alpha value is -1.35. The van der Waals surface area contributed by atoms with Crippen LogP contribution in [0.2, 0.25) is 0 Å². The van der Waals surface area contributed by atoms with Gasteiger partial charge in [0.15, 0.2) is 0 Å². The molecule has 0 heterocycles. The van der Waals surface area contributed by atoms with E-state index in [0.29, 0.717) is 12.3 Å². The molecule has 0 amide bonds. The topological polar surface area (TPSA) is 40.5 Å². The fraction of sp³-hybridized carbons (Fsp3) is 0.562. The second-order valence-corrected chi connectivity index (χ2v) is 5.58. The minimum Gasteiger partial charge on any atom is -0.481 e. The van der Waals surface area contributed by atoms with Crippen molar-refractivity contribution in [3.8, 4) is 0 Å². The molecule has 0 aromatic heterocycles. The molecule has 1 N–H and O–H groups in total. The monoisotopic (exact) mass is 263 g/mol. The third-order valence-corrected chi connectivity index (χ3v) is 3.64. The number of nitrogens with zero attached hydrogens (tertiary/aromatic N) is 1. The number of hydrogen-bond donors (Lipinski definition) is 1. The Balaban J connectivity index is 3.08. The molecule has 1 aromatic rings. The molecule has 0 fully saturated rings. The SMILES string of the molecule is CCC(C(=O)O)C(c1ccc(C(C)C)cc1)N(C)C. The molecule has 0 aliphatic heterocycles. The van der Waals surface area contributed by atoms with Gasteiger partial charge in [0.1, 0.15) is 0 Å². The standard InChI is InChI=1S/C16H25NO2/c1-6-14(16(18)19)15(17(4)5)13-9-7-12(8-10-13)11(2)3/h7-11,14-15H,6H2,1-5H3,(H,18,19). The first-order chi connectivity index (χ1) is 8.88. The lowest BCUT2D eigenvalue weighted by molar-refractivity contribution is -0.144.